The van der Waals surface area contributed by atoms with Crippen molar-refractivity contribution in [2.75, 3.05) is 39.8 Å². The molecule has 2 fully saturated rings. The van der Waals surface area contributed by atoms with Crippen LogP contribution >= 0.6 is 0 Å². The first-order chi connectivity index (χ1) is 12.2. The van der Waals surface area contributed by atoms with Gasteiger partial charge >= 0.3 is 0 Å². The lowest BCUT2D eigenvalue weighted by atomic mass is 9.73. The molecule has 5 nitrogen and oxygen atoms in total. The van der Waals surface area contributed by atoms with Gasteiger partial charge in [-0.2, -0.15) is 0 Å². The van der Waals surface area contributed by atoms with E-state index in [4.69, 9.17) is 4.74 Å². The van der Waals surface area contributed by atoms with Crippen molar-refractivity contribution in [3.63, 3.8) is 0 Å². The molecule has 0 aromatic heterocycles. The number of piperazine rings is 1. The SMILES string of the molecule is CN1CCN(C(=O)CCN[C@H]2CC3(CCC3)Oc3ccccc32)CC1. The van der Waals surface area contributed by atoms with Gasteiger partial charge in [-0.25, -0.2) is 0 Å². The topological polar surface area (TPSA) is 44.8 Å². The minimum atomic E-state index is 0.0352. The van der Waals surface area contributed by atoms with E-state index >= 15 is 0 Å². The molecule has 1 spiro atoms. The molecule has 1 saturated carbocycles. The highest BCUT2D eigenvalue weighted by molar-refractivity contribution is 5.76. The maximum Gasteiger partial charge on any atom is 0.223 e. The van der Waals surface area contributed by atoms with Crippen LogP contribution in [0.5, 0.6) is 5.75 Å². The van der Waals surface area contributed by atoms with Crippen molar-refractivity contribution >= 4 is 5.91 Å². The first-order valence-electron chi connectivity index (χ1n) is 9.63. The number of carbonyl (C=O) groups is 1. The molecule has 1 aromatic rings. The van der Waals surface area contributed by atoms with Crippen molar-refractivity contribution in [3.05, 3.63) is 29.8 Å². The van der Waals surface area contributed by atoms with Gasteiger partial charge in [0.05, 0.1) is 0 Å². The molecule has 0 radical (unpaired) electrons. The number of hydrogen-bond donors (Lipinski definition) is 1. The summed E-state index contributed by atoms with van der Waals surface area (Å²) in [7, 11) is 2.11. The lowest BCUT2D eigenvalue weighted by Crippen LogP contribution is -2.50. The summed E-state index contributed by atoms with van der Waals surface area (Å²) in [6.07, 6.45) is 5.17. The molecule has 2 aliphatic heterocycles. The number of hydrogen-bond acceptors (Lipinski definition) is 4. The maximum atomic E-state index is 12.4. The minimum Gasteiger partial charge on any atom is -0.487 e. The van der Waals surface area contributed by atoms with Gasteiger partial charge in [-0.15, -0.1) is 0 Å². The molecule has 1 aromatic carbocycles. The number of benzene rings is 1. The summed E-state index contributed by atoms with van der Waals surface area (Å²) in [5, 5.41) is 3.64. The van der Waals surface area contributed by atoms with Crippen LogP contribution in [0, 0.1) is 0 Å². The van der Waals surface area contributed by atoms with Crippen LogP contribution in [0.15, 0.2) is 24.3 Å². The Morgan fingerprint density at radius 3 is 2.72 bits per heavy atom. The largest absolute Gasteiger partial charge is 0.487 e. The van der Waals surface area contributed by atoms with Gasteiger partial charge in [-0.1, -0.05) is 18.2 Å². The molecule has 1 amide bonds. The summed E-state index contributed by atoms with van der Waals surface area (Å²) < 4.78 is 6.30. The summed E-state index contributed by atoms with van der Waals surface area (Å²) in [4.78, 5) is 16.7. The van der Waals surface area contributed by atoms with E-state index in [1.54, 1.807) is 0 Å². The number of rotatable bonds is 4. The van der Waals surface area contributed by atoms with Crippen molar-refractivity contribution in [2.45, 2.75) is 43.7 Å². The van der Waals surface area contributed by atoms with E-state index in [9.17, 15) is 4.79 Å². The predicted molar refractivity (Wildman–Crippen MR) is 97.7 cm³/mol. The summed E-state index contributed by atoms with van der Waals surface area (Å²) in [6, 6.07) is 8.65. The molecule has 0 unspecified atom stereocenters. The zero-order valence-electron chi connectivity index (χ0n) is 15.2. The van der Waals surface area contributed by atoms with Crippen molar-refractivity contribution < 1.29 is 9.53 Å². The number of carbonyl (C=O) groups excluding carboxylic acids is 1. The van der Waals surface area contributed by atoms with Gasteiger partial charge < -0.3 is 19.9 Å². The Hall–Kier alpha value is -1.59. The Morgan fingerprint density at radius 1 is 1.24 bits per heavy atom. The third-order valence-corrected chi connectivity index (χ3v) is 6.05. The number of ether oxygens (including phenoxy) is 1. The normalized spacial score (nSPS) is 25.2. The van der Waals surface area contributed by atoms with Crippen molar-refractivity contribution in [1.29, 1.82) is 0 Å². The fraction of sp³-hybridized carbons (Fsp3) is 0.650. The van der Waals surface area contributed by atoms with E-state index in [1.807, 2.05) is 11.0 Å². The summed E-state index contributed by atoms with van der Waals surface area (Å²) in [5.41, 5.74) is 1.28. The second kappa shape index (κ2) is 6.96. The molecule has 1 atom stereocenters. The summed E-state index contributed by atoms with van der Waals surface area (Å²) in [6.45, 7) is 4.42. The monoisotopic (exact) mass is 343 g/mol. The third kappa shape index (κ3) is 3.53. The Labute approximate surface area is 150 Å². The second-order valence-corrected chi connectivity index (χ2v) is 7.82. The van der Waals surface area contributed by atoms with Crippen LogP contribution in [0.2, 0.25) is 0 Å². The number of para-hydroxylation sites is 1. The van der Waals surface area contributed by atoms with Crippen LogP contribution in [0.4, 0.5) is 0 Å². The van der Waals surface area contributed by atoms with Crippen LogP contribution < -0.4 is 10.1 Å². The average Bonchev–Trinajstić information content (AvgIpc) is 2.60. The first kappa shape index (κ1) is 16.9. The standard InChI is InChI=1S/C20H29N3O2/c1-22-11-13-23(14-12-22)19(24)7-10-21-17-15-20(8-4-9-20)25-18-6-3-2-5-16(17)18/h2-3,5-6,17,21H,4,7-15H2,1H3/t17-/m0/s1. The summed E-state index contributed by atoms with van der Waals surface area (Å²) in [5.74, 6) is 1.30. The lowest BCUT2D eigenvalue weighted by Gasteiger charge is -2.48. The molecular weight excluding hydrogens is 314 g/mol. The highest BCUT2D eigenvalue weighted by Gasteiger charge is 2.45. The molecule has 2 heterocycles. The smallest absolute Gasteiger partial charge is 0.223 e. The van der Waals surface area contributed by atoms with Crippen LogP contribution in [0.3, 0.4) is 0 Å². The number of likely N-dealkylation sites (N-methyl/N-ethyl adjacent to an activating group) is 1. The van der Waals surface area contributed by atoms with Crippen molar-refractivity contribution in [3.8, 4) is 5.75 Å². The quantitative estimate of drug-likeness (QED) is 0.910. The third-order valence-electron chi connectivity index (χ3n) is 6.05. The Kier molecular flexibility index (Phi) is 4.69. The lowest BCUT2D eigenvalue weighted by molar-refractivity contribution is -0.132. The molecular formula is C20H29N3O2. The van der Waals surface area contributed by atoms with Gasteiger partial charge in [0.2, 0.25) is 5.91 Å². The number of amides is 1. The molecule has 25 heavy (non-hydrogen) atoms. The van der Waals surface area contributed by atoms with Crippen molar-refractivity contribution in [1.82, 2.24) is 15.1 Å². The zero-order chi connectivity index (χ0) is 17.3. The fourth-order valence-corrected chi connectivity index (χ4v) is 4.24. The number of fused-ring (bicyclic) bond motifs is 1. The van der Waals surface area contributed by atoms with Gasteiger partial charge in [0.1, 0.15) is 11.4 Å². The fourth-order valence-electron chi connectivity index (χ4n) is 4.24. The highest BCUT2D eigenvalue weighted by Crippen LogP contribution is 2.48. The molecule has 1 aliphatic carbocycles. The van der Waals surface area contributed by atoms with E-state index < -0.39 is 0 Å². The minimum absolute atomic E-state index is 0.0352. The van der Waals surface area contributed by atoms with E-state index in [1.165, 1.54) is 12.0 Å². The second-order valence-electron chi connectivity index (χ2n) is 7.82. The van der Waals surface area contributed by atoms with Gasteiger partial charge in [-0.3, -0.25) is 4.79 Å². The molecule has 136 valence electrons. The Bertz CT molecular complexity index is 621. The van der Waals surface area contributed by atoms with Gasteiger partial charge in [0, 0.05) is 57.2 Å². The summed E-state index contributed by atoms with van der Waals surface area (Å²) >= 11 is 0. The van der Waals surface area contributed by atoms with E-state index in [0.717, 1.165) is 57.7 Å². The number of nitrogens with zero attached hydrogens (tertiary/aromatic N) is 2. The molecule has 4 rings (SSSR count). The van der Waals surface area contributed by atoms with Crippen LogP contribution in [-0.2, 0) is 4.79 Å². The molecule has 0 bridgehead atoms. The molecule has 1 N–H and O–H groups in total. The Balaban J connectivity index is 1.33. The predicted octanol–water partition coefficient (Wildman–Crippen LogP) is 2.19. The van der Waals surface area contributed by atoms with Crippen LogP contribution in [0.1, 0.15) is 43.7 Å². The molecule has 3 aliphatic rings. The van der Waals surface area contributed by atoms with E-state index in [-0.39, 0.29) is 11.5 Å². The maximum absolute atomic E-state index is 12.4. The highest BCUT2D eigenvalue weighted by atomic mass is 16.5. The van der Waals surface area contributed by atoms with Crippen LogP contribution in [-0.4, -0.2) is 61.1 Å². The Morgan fingerprint density at radius 2 is 2.00 bits per heavy atom. The zero-order valence-corrected chi connectivity index (χ0v) is 15.2. The average molecular weight is 343 g/mol. The van der Waals surface area contributed by atoms with E-state index in [2.05, 4.69) is 35.5 Å². The van der Waals surface area contributed by atoms with Crippen molar-refractivity contribution in [2.24, 2.45) is 0 Å². The molecule has 1 saturated heterocycles. The van der Waals surface area contributed by atoms with E-state index in [0.29, 0.717) is 12.5 Å². The number of nitrogens with one attached hydrogen (secondary N) is 1. The first-order valence-corrected chi connectivity index (χ1v) is 9.63. The van der Waals surface area contributed by atoms with Gasteiger partial charge in [-0.05, 0) is 32.4 Å². The van der Waals surface area contributed by atoms with Gasteiger partial charge in [0.15, 0.2) is 0 Å². The molecule has 5 heteroatoms. The van der Waals surface area contributed by atoms with Crippen LogP contribution in [0.25, 0.3) is 0 Å². The van der Waals surface area contributed by atoms with Gasteiger partial charge in [0.25, 0.3) is 0 Å².